The van der Waals surface area contributed by atoms with Crippen molar-refractivity contribution in [1.82, 2.24) is 15.0 Å². The number of carbonyl (C=O) groups excluding carboxylic acids is 1. The average molecular weight is 434 g/mol. The number of aromatic hydroxyl groups is 1. The molecule has 4 aromatic rings. The number of halogens is 1. The molecule has 0 atom stereocenters. The third-order valence-electron chi connectivity index (χ3n) is 5.41. The largest absolute Gasteiger partial charge is 0.508 e. The number of aromatic nitrogens is 3. The van der Waals surface area contributed by atoms with Crippen molar-refractivity contribution in [3.8, 4) is 28.6 Å². The minimum Gasteiger partial charge on any atom is -0.508 e. The highest BCUT2D eigenvalue weighted by molar-refractivity contribution is 6.31. The van der Waals surface area contributed by atoms with Crippen molar-refractivity contribution in [3.63, 3.8) is 0 Å². The van der Waals surface area contributed by atoms with Gasteiger partial charge in [0.2, 0.25) is 5.88 Å². The molecule has 2 aromatic carbocycles. The number of ketones is 1. The van der Waals surface area contributed by atoms with Crippen molar-refractivity contribution >= 4 is 28.4 Å². The van der Waals surface area contributed by atoms with E-state index in [9.17, 15) is 9.90 Å². The van der Waals surface area contributed by atoms with Crippen molar-refractivity contribution in [2.45, 2.75) is 25.7 Å². The van der Waals surface area contributed by atoms with Gasteiger partial charge in [-0.05, 0) is 72.4 Å². The number of phenolic OH excluding ortho intramolecular Hbond substituents is 1. The van der Waals surface area contributed by atoms with Crippen LogP contribution in [0.15, 0.2) is 54.9 Å². The molecule has 2 heterocycles. The monoisotopic (exact) mass is 433 g/mol. The second-order valence-electron chi connectivity index (χ2n) is 7.89. The lowest BCUT2D eigenvalue weighted by Gasteiger charge is -2.08. The van der Waals surface area contributed by atoms with Crippen LogP contribution in [-0.2, 0) is 11.2 Å². The van der Waals surface area contributed by atoms with Crippen LogP contribution >= 0.6 is 11.6 Å². The Morgan fingerprint density at radius 3 is 2.68 bits per heavy atom. The van der Waals surface area contributed by atoms with Gasteiger partial charge in [0.05, 0.1) is 5.39 Å². The molecule has 1 saturated carbocycles. The Bertz CT molecular complexity index is 1260. The molecule has 31 heavy (non-hydrogen) atoms. The third kappa shape index (κ3) is 4.39. The molecular formula is C24H20ClN3O3. The molecule has 156 valence electrons. The number of hydrogen-bond acceptors (Lipinski definition) is 5. The van der Waals surface area contributed by atoms with E-state index in [1.54, 1.807) is 24.3 Å². The molecule has 6 nitrogen and oxygen atoms in total. The van der Waals surface area contributed by atoms with Crippen LogP contribution < -0.4 is 4.74 Å². The number of phenols is 1. The lowest BCUT2D eigenvalue weighted by atomic mass is 10.0. The Kier molecular flexibility index (Phi) is 5.08. The molecule has 2 N–H and O–H groups in total. The fourth-order valence-electron chi connectivity index (χ4n) is 3.57. The summed E-state index contributed by atoms with van der Waals surface area (Å²) in [5, 5.41) is 10.7. The number of nitrogens with zero attached hydrogens (tertiary/aromatic N) is 2. The first kappa shape index (κ1) is 19.6. The number of aromatic amines is 1. The summed E-state index contributed by atoms with van der Waals surface area (Å²) < 4.78 is 5.99. The van der Waals surface area contributed by atoms with Crippen LogP contribution in [0.2, 0.25) is 5.02 Å². The number of carbonyl (C=O) groups is 1. The van der Waals surface area contributed by atoms with Crippen molar-refractivity contribution < 1.29 is 14.6 Å². The minimum absolute atomic E-state index is 0.207. The summed E-state index contributed by atoms with van der Waals surface area (Å²) in [5.41, 5.74) is 3.19. The quantitative estimate of drug-likeness (QED) is 0.391. The van der Waals surface area contributed by atoms with E-state index < -0.39 is 0 Å². The number of H-pyrrole nitrogens is 1. The maximum absolute atomic E-state index is 12.2. The van der Waals surface area contributed by atoms with Gasteiger partial charge in [0, 0.05) is 23.6 Å². The smallest absolute Gasteiger partial charge is 0.231 e. The average Bonchev–Trinajstić information content (AvgIpc) is 3.45. The molecule has 5 rings (SSSR count). The van der Waals surface area contributed by atoms with Gasteiger partial charge in [0.1, 0.15) is 29.3 Å². The van der Waals surface area contributed by atoms with Crippen molar-refractivity contribution in [1.29, 1.82) is 0 Å². The first-order chi connectivity index (χ1) is 15.0. The van der Waals surface area contributed by atoms with Gasteiger partial charge in [-0.2, -0.15) is 0 Å². The van der Waals surface area contributed by atoms with E-state index in [-0.39, 0.29) is 11.5 Å². The third-order valence-corrected chi connectivity index (χ3v) is 5.76. The number of rotatable bonds is 7. The Hall–Kier alpha value is -3.38. The van der Waals surface area contributed by atoms with Crippen LogP contribution in [0.5, 0.6) is 17.4 Å². The highest BCUT2D eigenvalue weighted by atomic mass is 35.5. The van der Waals surface area contributed by atoms with Crippen LogP contribution in [0.3, 0.4) is 0 Å². The molecular weight excluding hydrogens is 414 g/mol. The number of hydrogen-bond donors (Lipinski definition) is 2. The topological polar surface area (TPSA) is 88.1 Å². The number of ether oxygens (including phenoxy) is 1. The Morgan fingerprint density at radius 1 is 1.13 bits per heavy atom. The maximum Gasteiger partial charge on any atom is 0.231 e. The van der Waals surface area contributed by atoms with E-state index in [1.807, 2.05) is 24.3 Å². The molecule has 1 fully saturated rings. The van der Waals surface area contributed by atoms with Crippen LogP contribution in [0.1, 0.15) is 24.8 Å². The van der Waals surface area contributed by atoms with Crippen molar-refractivity contribution in [2.75, 3.05) is 0 Å². The van der Waals surface area contributed by atoms with Crippen molar-refractivity contribution in [3.05, 3.63) is 65.4 Å². The molecule has 0 aliphatic heterocycles. The highest BCUT2D eigenvalue weighted by Crippen LogP contribution is 2.35. The summed E-state index contributed by atoms with van der Waals surface area (Å²) >= 11 is 6.42. The second kappa shape index (κ2) is 8.04. The van der Waals surface area contributed by atoms with E-state index in [2.05, 4.69) is 15.0 Å². The van der Waals surface area contributed by atoms with Gasteiger partial charge in [0.25, 0.3) is 0 Å². The van der Waals surface area contributed by atoms with E-state index in [0.29, 0.717) is 41.1 Å². The van der Waals surface area contributed by atoms with Gasteiger partial charge >= 0.3 is 0 Å². The number of Topliss-reactive ketones (excluding diaryl/α,β-unsaturated/α-hetero) is 1. The highest BCUT2D eigenvalue weighted by Gasteiger charge is 2.24. The van der Waals surface area contributed by atoms with Gasteiger partial charge in [-0.3, -0.25) is 4.79 Å². The van der Waals surface area contributed by atoms with Crippen LogP contribution in [0.25, 0.3) is 22.3 Å². The van der Waals surface area contributed by atoms with Gasteiger partial charge in [-0.15, -0.1) is 0 Å². The molecule has 0 saturated heterocycles. The maximum atomic E-state index is 12.2. The fourth-order valence-corrected chi connectivity index (χ4v) is 3.81. The summed E-state index contributed by atoms with van der Waals surface area (Å²) in [6.07, 6.45) is 4.74. The summed E-state index contributed by atoms with van der Waals surface area (Å²) in [7, 11) is 0. The minimum atomic E-state index is 0.207. The molecule has 7 heteroatoms. The Morgan fingerprint density at radius 2 is 1.94 bits per heavy atom. The predicted molar refractivity (Wildman–Crippen MR) is 119 cm³/mol. The first-order valence-electron chi connectivity index (χ1n) is 10.2. The lowest BCUT2D eigenvalue weighted by Crippen LogP contribution is -2.04. The van der Waals surface area contributed by atoms with Crippen molar-refractivity contribution in [2.24, 2.45) is 5.92 Å². The van der Waals surface area contributed by atoms with E-state index >= 15 is 0 Å². The van der Waals surface area contributed by atoms with E-state index in [1.165, 1.54) is 6.33 Å². The SMILES string of the molecule is O=C(Cc1ccc(Oc2ncnc3[nH]c(-c4ccc(O)cc4)cc23)cc1Cl)CC1CC1. The zero-order valence-electron chi connectivity index (χ0n) is 16.6. The molecule has 0 bridgehead atoms. The number of benzene rings is 2. The summed E-state index contributed by atoms with van der Waals surface area (Å²) in [5.74, 6) is 1.94. The molecule has 1 aliphatic rings. The summed E-state index contributed by atoms with van der Waals surface area (Å²) in [6, 6.07) is 14.1. The van der Waals surface area contributed by atoms with Gasteiger partial charge in [-0.1, -0.05) is 17.7 Å². The predicted octanol–water partition coefficient (Wildman–Crippen LogP) is 5.69. The van der Waals surface area contributed by atoms with E-state index in [4.69, 9.17) is 16.3 Å². The lowest BCUT2D eigenvalue weighted by molar-refractivity contribution is -0.118. The van der Waals surface area contributed by atoms with Crippen LogP contribution in [0.4, 0.5) is 0 Å². The molecule has 1 aliphatic carbocycles. The second-order valence-corrected chi connectivity index (χ2v) is 8.30. The molecule has 0 unspecified atom stereocenters. The summed E-state index contributed by atoms with van der Waals surface area (Å²) in [4.78, 5) is 23.9. The molecule has 0 radical (unpaired) electrons. The number of nitrogens with one attached hydrogen (secondary N) is 1. The molecule has 2 aromatic heterocycles. The zero-order chi connectivity index (χ0) is 21.4. The normalized spacial score (nSPS) is 13.5. The van der Waals surface area contributed by atoms with Crippen LogP contribution in [-0.4, -0.2) is 25.8 Å². The molecule has 0 amide bonds. The fraction of sp³-hybridized carbons (Fsp3) is 0.208. The van der Waals surface area contributed by atoms with Gasteiger partial charge < -0.3 is 14.8 Å². The van der Waals surface area contributed by atoms with Gasteiger partial charge in [0.15, 0.2) is 0 Å². The summed E-state index contributed by atoms with van der Waals surface area (Å²) in [6.45, 7) is 0. The molecule has 0 spiro atoms. The first-order valence-corrected chi connectivity index (χ1v) is 10.5. The number of fused-ring (bicyclic) bond motifs is 1. The zero-order valence-corrected chi connectivity index (χ0v) is 17.4. The Balaban J connectivity index is 1.37. The van der Waals surface area contributed by atoms with E-state index in [0.717, 1.165) is 35.0 Å². The Labute approximate surface area is 183 Å². The standard InChI is InChI=1S/C24H20ClN3O3/c25-21-11-19(8-5-16(21)10-18(30)9-14-1-2-14)31-24-20-12-22(28-23(20)26-13-27-24)15-3-6-17(29)7-4-15/h3-8,11-14,29H,1-2,9-10H2,(H,26,27,28). The van der Waals surface area contributed by atoms with Crippen LogP contribution in [0, 0.1) is 5.92 Å². The van der Waals surface area contributed by atoms with Gasteiger partial charge in [-0.25, -0.2) is 9.97 Å².